The molecule has 5 heteroatoms. The summed E-state index contributed by atoms with van der Waals surface area (Å²) in [5, 5.41) is 7.66. The zero-order chi connectivity index (χ0) is 14.9. The summed E-state index contributed by atoms with van der Waals surface area (Å²) >= 11 is 0. The highest BCUT2D eigenvalue weighted by molar-refractivity contribution is 5.41. The number of anilines is 1. The van der Waals surface area contributed by atoms with E-state index in [2.05, 4.69) is 55.0 Å². The SMILES string of the molecule is CNc1cc(-n2ccc(C(C)C)n2)nc(C(C)(C)C)n1. The second-order valence-electron chi connectivity index (χ2n) is 6.27. The quantitative estimate of drug-likeness (QED) is 0.933. The molecule has 0 aromatic carbocycles. The van der Waals surface area contributed by atoms with Gasteiger partial charge in [-0.1, -0.05) is 34.6 Å². The summed E-state index contributed by atoms with van der Waals surface area (Å²) in [6.45, 7) is 10.6. The second kappa shape index (κ2) is 5.23. The maximum absolute atomic E-state index is 4.64. The van der Waals surface area contributed by atoms with Crippen molar-refractivity contribution < 1.29 is 0 Å². The predicted molar refractivity (Wildman–Crippen MR) is 81.5 cm³/mol. The number of hydrogen-bond donors (Lipinski definition) is 1. The van der Waals surface area contributed by atoms with Crippen LogP contribution in [0.25, 0.3) is 5.82 Å². The van der Waals surface area contributed by atoms with Crippen LogP contribution in [0.5, 0.6) is 0 Å². The molecule has 0 aliphatic heterocycles. The average Bonchev–Trinajstić information content (AvgIpc) is 2.87. The molecule has 2 aromatic heterocycles. The first-order valence-electron chi connectivity index (χ1n) is 6.94. The van der Waals surface area contributed by atoms with Gasteiger partial charge in [-0.25, -0.2) is 14.6 Å². The fraction of sp³-hybridized carbons (Fsp3) is 0.533. The molecule has 0 amide bonds. The van der Waals surface area contributed by atoms with E-state index in [9.17, 15) is 0 Å². The lowest BCUT2D eigenvalue weighted by Gasteiger charge is -2.18. The van der Waals surface area contributed by atoms with Crippen molar-refractivity contribution in [2.24, 2.45) is 0 Å². The standard InChI is InChI=1S/C15H23N5/c1-10(2)11-7-8-20(19-11)13-9-12(16-6)17-14(18-13)15(3,4)5/h7-10H,1-6H3,(H,16,17,18). The van der Waals surface area contributed by atoms with Gasteiger partial charge in [0.05, 0.1) is 5.69 Å². The zero-order valence-electron chi connectivity index (χ0n) is 13.1. The summed E-state index contributed by atoms with van der Waals surface area (Å²) in [6.07, 6.45) is 1.95. The molecular formula is C15H23N5. The van der Waals surface area contributed by atoms with Crippen LogP contribution in [-0.4, -0.2) is 26.8 Å². The minimum Gasteiger partial charge on any atom is -0.373 e. The molecular weight excluding hydrogens is 250 g/mol. The Morgan fingerprint density at radius 2 is 1.90 bits per heavy atom. The molecule has 5 nitrogen and oxygen atoms in total. The van der Waals surface area contributed by atoms with E-state index in [1.54, 1.807) is 0 Å². The van der Waals surface area contributed by atoms with Crippen LogP contribution in [0, 0.1) is 0 Å². The molecule has 0 radical (unpaired) electrons. The lowest BCUT2D eigenvalue weighted by Crippen LogP contribution is -2.18. The van der Waals surface area contributed by atoms with Gasteiger partial charge in [0, 0.05) is 24.7 Å². The van der Waals surface area contributed by atoms with Crippen LogP contribution in [-0.2, 0) is 5.41 Å². The maximum Gasteiger partial charge on any atom is 0.159 e. The van der Waals surface area contributed by atoms with Gasteiger partial charge >= 0.3 is 0 Å². The van der Waals surface area contributed by atoms with Gasteiger partial charge in [0.15, 0.2) is 5.82 Å². The molecule has 0 saturated heterocycles. The maximum atomic E-state index is 4.64. The van der Waals surface area contributed by atoms with Crippen LogP contribution in [0.3, 0.4) is 0 Å². The van der Waals surface area contributed by atoms with Gasteiger partial charge in [0.1, 0.15) is 11.6 Å². The smallest absolute Gasteiger partial charge is 0.159 e. The van der Waals surface area contributed by atoms with Crippen molar-refractivity contribution in [2.45, 2.75) is 46.0 Å². The molecule has 0 unspecified atom stereocenters. The Kier molecular flexibility index (Phi) is 3.79. The minimum atomic E-state index is -0.102. The summed E-state index contributed by atoms with van der Waals surface area (Å²) in [5.74, 6) is 2.81. The summed E-state index contributed by atoms with van der Waals surface area (Å²) in [5.41, 5.74) is 0.960. The van der Waals surface area contributed by atoms with Crippen molar-refractivity contribution in [3.05, 3.63) is 29.8 Å². The Morgan fingerprint density at radius 1 is 1.20 bits per heavy atom. The lowest BCUT2D eigenvalue weighted by atomic mass is 9.96. The summed E-state index contributed by atoms with van der Waals surface area (Å²) in [7, 11) is 1.86. The van der Waals surface area contributed by atoms with E-state index in [1.165, 1.54) is 0 Å². The van der Waals surface area contributed by atoms with E-state index in [1.807, 2.05) is 30.1 Å². The third-order valence-corrected chi connectivity index (χ3v) is 3.08. The molecule has 2 rings (SSSR count). The van der Waals surface area contributed by atoms with Gasteiger partial charge < -0.3 is 5.32 Å². The number of nitrogens with one attached hydrogen (secondary N) is 1. The molecule has 2 heterocycles. The molecule has 0 fully saturated rings. The van der Waals surface area contributed by atoms with E-state index in [4.69, 9.17) is 0 Å². The van der Waals surface area contributed by atoms with Crippen molar-refractivity contribution in [3.63, 3.8) is 0 Å². The molecule has 0 aliphatic rings. The molecule has 2 aromatic rings. The normalized spacial score (nSPS) is 11.9. The number of hydrogen-bond acceptors (Lipinski definition) is 4. The fourth-order valence-corrected chi connectivity index (χ4v) is 1.79. The molecule has 108 valence electrons. The van der Waals surface area contributed by atoms with Crippen molar-refractivity contribution >= 4 is 5.82 Å². The van der Waals surface area contributed by atoms with E-state index in [-0.39, 0.29) is 5.41 Å². The van der Waals surface area contributed by atoms with Gasteiger partial charge in [0.2, 0.25) is 0 Å². The van der Waals surface area contributed by atoms with Crippen molar-refractivity contribution in [1.82, 2.24) is 19.7 Å². The van der Waals surface area contributed by atoms with E-state index < -0.39 is 0 Å². The summed E-state index contributed by atoms with van der Waals surface area (Å²) < 4.78 is 1.81. The highest BCUT2D eigenvalue weighted by Crippen LogP contribution is 2.22. The predicted octanol–water partition coefficient (Wildman–Crippen LogP) is 3.12. The molecule has 0 bridgehead atoms. The van der Waals surface area contributed by atoms with Gasteiger partial charge in [-0.2, -0.15) is 5.10 Å². The molecule has 0 atom stereocenters. The highest BCUT2D eigenvalue weighted by Gasteiger charge is 2.19. The van der Waals surface area contributed by atoms with Crippen LogP contribution < -0.4 is 5.32 Å². The molecule has 0 aliphatic carbocycles. The van der Waals surface area contributed by atoms with E-state index in [0.717, 1.165) is 23.2 Å². The Balaban J connectivity index is 2.49. The number of rotatable bonds is 3. The van der Waals surface area contributed by atoms with E-state index in [0.29, 0.717) is 5.92 Å². The number of aromatic nitrogens is 4. The Hall–Kier alpha value is -1.91. The number of nitrogens with zero attached hydrogens (tertiary/aromatic N) is 4. The van der Waals surface area contributed by atoms with Crippen LogP contribution in [0.15, 0.2) is 18.3 Å². The van der Waals surface area contributed by atoms with Crippen molar-refractivity contribution in [1.29, 1.82) is 0 Å². The summed E-state index contributed by atoms with van der Waals surface area (Å²) in [4.78, 5) is 9.17. The van der Waals surface area contributed by atoms with Crippen LogP contribution in [0.1, 0.15) is 52.1 Å². The third kappa shape index (κ3) is 2.98. The highest BCUT2D eigenvalue weighted by atomic mass is 15.3. The Bertz CT molecular complexity index is 593. The molecule has 20 heavy (non-hydrogen) atoms. The average molecular weight is 273 g/mol. The largest absolute Gasteiger partial charge is 0.373 e. The fourth-order valence-electron chi connectivity index (χ4n) is 1.79. The van der Waals surface area contributed by atoms with Gasteiger partial charge in [-0.3, -0.25) is 0 Å². The summed E-state index contributed by atoms with van der Waals surface area (Å²) in [6, 6.07) is 3.94. The van der Waals surface area contributed by atoms with Gasteiger partial charge in [0.25, 0.3) is 0 Å². The van der Waals surface area contributed by atoms with Crippen LogP contribution in [0.2, 0.25) is 0 Å². The Morgan fingerprint density at radius 3 is 2.40 bits per heavy atom. The first-order valence-corrected chi connectivity index (χ1v) is 6.94. The first kappa shape index (κ1) is 14.5. The monoisotopic (exact) mass is 273 g/mol. The molecule has 1 N–H and O–H groups in total. The first-order chi connectivity index (χ1) is 9.31. The molecule has 0 spiro atoms. The molecule has 0 saturated carbocycles. The zero-order valence-corrected chi connectivity index (χ0v) is 13.1. The third-order valence-electron chi connectivity index (χ3n) is 3.08. The van der Waals surface area contributed by atoms with Crippen molar-refractivity contribution in [3.8, 4) is 5.82 Å². The minimum absolute atomic E-state index is 0.102. The van der Waals surface area contributed by atoms with Crippen LogP contribution >= 0.6 is 0 Å². The lowest BCUT2D eigenvalue weighted by molar-refractivity contribution is 0.542. The topological polar surface area (TPSA) is 55.6 Å². The Labute approximate surface area is 120 Å². The van der Waals surface area contributed by atoms with E-state index >= 15 is 0 Å². The van der Waals surface area contributed by atoms with Crippen LogP contribution in [0.4, 0.5) is 5.82 Å². The second-order valence-corrected chi connectivity index (χ2v) is 6.27. The van der Waals surface area contributed by atoms with Crippen molar-refractivity contribution in [2.75, 3.05) is 12.4 Å². The van der Waals surface area contributed by atoms with Gasteiger partial charge in [-0.05, 0) is 12.0 Å². The van der Waals surface area contributed by atoms with Gasteiger partial charge in [-0.15, -0.1) is 0 Å².